The molecule has 0 unspecified atom stereocenters. The maximum atomic E-state index is 13.5. The molecule has 0 fully saturated rings. The fraction of sp³-hybridized carbons (Fsp3) is 0.455. The second-order valence-electron chi connectivity index (χ2n) is 3.42. The first-order valence-corrected chi connectivity index (χ1v) is 5.85. The molecule has 1 aromatic rings. The van der Waals surface area contributed by atoms with Crippen LogP contribution in [0.4, 0.5) is 4.39 Å². The maximum absolute atomic E-state index is 13.5. The number of aliphatic hydroxyl groups is 2. The molecule has 90 valence electrons. The van der Waals surface area contributed by atoms with E-state index in [0.717, 1.165) is 0 Å². The number of benzene rings is 1. The zero-order valence-corrected chi connectivity index (χ0v) is 10.5. The normalized spacial score (nSPS) is 11.1. The number of rotatable bonds is 6. The van der Waals surface area contributed by atoms with Crippen molar-refractivity contribution in [1.82, 2.24) is 4.90 Å². The Morgan fingerprint density at radius 3 is 2.31 bits per heavy atom. The lowest BCUT2D eigenvalue weighted by atomic mass is 10.2. The van der Waals surface area contributed by atoms with Crippen LogP contribution in [-0.2, 0) is 6.54 Å². The summed E-state index contributed by atoms with van der Waals surface area (Å²) in [5.41, 5.74) is 0.546. The average Bonchev–Trinajstić information content (AvgIpc) is 2.24. The van der Waals surface area contributed by atoms with Gasteiger partial charge in [0.25, 0.3) is 0 Å². The zero-order valence-electron chi connectivity index (χ0n) is 8.87. The minimum absolute atomic E-state index is 0.00787. The Morgan fingerprint density at radius 1 is 1.19 bits per heavy atom. The topological polar surface area (TPSA) is 43.7 Å². The summed E-state index contributed by atoms with van der Waals surface area (Å²) < 4.78 is 14.2. The van der Waals surface area contributed by atoms with Gasteiger partial charge in [0.15, 0.2) is 0 Å². The highest BCUT2D eigenvalue weighted by Gasteiger charge is 2.11. The first-order chi connectivity index (χ1) is 7.69. The Labute approximate surface area is 103 Å². The molecule has 0 saturated heterocycles. The summed E-state index contributed by atoms with van der Waals surface area (Å²) in [6.45, 7) is 1.19. The first kappa shape index (κ1) is 13.6. The second-order valence-corrected chi connectivity index (χ2v) is 4.28. The van der Waals surface area contributed by atoms with Crippen LogP contribution in [0.15, 0.2) is 22.7 Å². The summed E-state index contributed by atoms with van der Waals surface area (Å²) in [4.78, 5) is 1.79. The maximum Gasteiger partial charge on any atom is 0.128 e. The Bertz CT molecular complexity index is 310. The molecule has 2 N–H and O–H groups in total. The number of hydrogen-bond acceptors (Lipinski definition) is 3. The van der Waals surface area contributed by atoms with Crippen molar-refractivity contribution >= 4 is 15.9 Å². The van der Waals surface area contributed by atoms with E-state index in [4.69, 9.17) is 10.2 Å². The van der Waals surface area contributed by atoms with Crippen LogP contribution < -0.4 is 0 Å². The molecule has 0 aliphatic heterocycles. The van der Waals surface area contributed by atoms with E-state index in [1.54, 1.807) is 17.0 Å². The summed E-state index contributed by atoms with van der Waals surface area (Å²) in [6, 6.07) is 4.80. The van der Waals surface area contributed by atoms with Gasteiger partial charge >= 0.3 is 0 Å². The summed E-state index contributed by atoms with van der Waals surface area (Å²) in [6.07, 6.45) is 0. The van der Waals surface area contributed by atoms with Crippen molar-refractivity contribution < 1.29 is 14.6 Å². The molecule has 0 aliphatic rings. The molecule has 1 aromatic carbocycles. The lowest BCUT2D eigenvalue weighted by Crippen LogP contribution is -2.29. The van der Waals surface area contributed by atoms with E-state index in [2.05, 4.69) is 15.9 Å². The second kappa shape index (κ2) is 6.96. The van der Waals surface area contributed by atoms with Gasteiger partial charge in [-0.3, -0.25) is 4.90 Å². The van der Waals surface area contributed by atoms with Gasteiger partial charge in [-0.25, -0.2) is 4.39 Å². The van der Waals surface area contributed by atoms with Crippen LogP contribution in [0, 0.1) is 5.82 Å². The highest BCUT2D eigenvalue weighted by atomic mass is 79.9. The van der Waals surface area contributed by atoms with E-state index >= 15 is 0 Å². The Morgan fingerprint density at radius 2 is 1.81 bits per heavy atom. The van der Waals surface area contributed by atoms with Gasteiger partial charge in [0.1, 0.15) is 5.82 Å². The smallest absolute Gasteiger partial charge is 0.128 e. The molecule has 0 spiro atoms. The molecule has 0 amide bonds. The van der Waals surface area contributed by atoms with E-state index in [9.17, 15) is 4.39 Å². The van der Waals surface area contributed by atoms with Crippen molar-refractivity contribution in [3.8, 4) is 0 Å². The van der Waals surface area contributed by atoms with Crippen LogP contribution in [0.25, 0.3) is 0 Å². The molecule has 0 aromatic heterocycles. The minimum atomic E-state index is -0.282. The summed E-state index contributed by atoms with van der Waals surface area (Å²) in [5.74, 6) is -0.282. The van der Waals surface area contributed by atoms with E-state index in [1.165, 1.54) is 6.07 Å². The molecule has 0 heterocycles. The van der Waals surface area contributed by atoms with Crippen molar-refractivity contribution in [2.75, 3.05) is 26.3 Å². The Balaban J connectivity index is 2.76. The molecule has 3 nitrogen and oxygen atoms in total. The van der Waals surface area contributed by atoms with E-state index in [0.29, 0.717) is 29.7 Å². The molecule has 5 heteroatoms. The standard InChI is InChI=1S/C11H15BrFNO2/c12-10-2-1-3-11(13)9(10)8-14(4-6-15)5-7-16/h1-3,15-16H,4-8H2. The Hall–Kier alpha value is -0.490. The van der Waals surface area contributed by atoms with E-state index < -0.39 is 0 Å². The molecule has 0 aliphatic carbocycles. The van der Waals surface area contributed by atoms with Crippen LogP contribution >= 0.6 is 15.9 Å². The number of nitrogens with zero attached hydrogens (tertiary/aromatic N) is 1. The fourth-order valence-electron chi connectivity index (χ4n) is 1.46. The molecular formula is C11H15BrFNO2. The first-order valence-electron chi connectivity index (χ1n) is 5.06. The van der Waals surface area contributed by atoms with Gasteiger partial charge in [0.05, 0.1) is 13.2 Å². The van der Waals surface area contributed by atoms with E-state index in [1.807, 2.05) is 0 Å². The van der Waals surface area contributed by atoms with Crippen LogP contribution in [0.2, 0.25) is 0 Å². The van der Waals surface area contributed by atoms with Gasteiger partial charge in [-0.15, -0.1) is 0 Å². The monoisotopic (exact) mass is 291 g/mol. The summed E-state index contributed by atoms with van der Waals surface area (Å²) in [5, 5.41) is 17.7. The Kier molecular flexibility index (Phi) is 5.90. The summed E-state index contributed by atoms with van der Waals surface area (Å²) >= 11 is 3.29. The predicted molar refractivity (Wildman–Crippen MR) is 63.5 cm³/mol. The van der Waals surface area contributed by atoms with E-state index in [-0.39, 0.29) is 19.0 Å². The molecule has 1 rings (SSSR count). The van der Waals surface area contributed by atoms with Crippen molar-refractivity contribution in [2.45, 2.75) is 6.54 Å². The van der Waals surface area contributed by atoms with Gasteiger partial charge in [-0.05, 0) is 12.1 Å². The average molecular weight is 292 g/mol. The zero-order chi connectivity index (χ0) is 12.0. The molecule has 0 bridgehead atoms. The van der Waals surface area contributed by atoms with Gasteiger partial charge in [-0.1, -0.05) is 22.0 Å². The van der Waals surface area contributed by atoms with Gasteiger partial charge in [-0.2, -0.15) is 0 Å². The number of hydrogen-bond donors (Lipinski definition) is 2. The lowest BCUT2D eigenvalue weighted by Gasteiger charge is -2.21. The van der Waals surface area contributed by atoms with Crippen LogP contribution in [-0.4, -0.2) is 41.4 Å². The van der Waals surface area contributed by atoms with Crippen LogP contribution in [0.3, 0.4) is 0 Å². The molecule has 0 radical (unpaired) electrons. The van der Waals surface area contributed by atoms with Crippen molar-refractivity contribution in [1.29, 1.82) is 0 Å². The lowest BCUT2D eigenvalue weighted by molar-refractivity contribution is 0.154. The van der Waals surface area contributed by atoms with Gasteiger partial charge in [0, 0.05) is 29.7 Å². The molecule has 16 heavy (non-hydrogen) atoms. The van der Waals surface area contributed by atoms with Gasteiger partial charge in [0.2, 0.25) is 0 Å². The highest BCUT2D eigenvalue weighted by molar-refractivity contribution is 9.10. The SMILES string of the molecule is OCCN(CCO)Cc1c(F)cccc1Br. The quantitative estimate of drug-likeness (QED) is 0.832. The third-order valence-electron chi connectivity index (χ3n) is 2.28. The van der Waals surface area contributed by atoms with Crippen LogP contribution in [0.1, 0.15) is 5.56 Å². The molecule has 0 atom stereocenters. The van der Waals surface area contributed by atoms with Crippen molar-refractivity contribution in [2.24, 2.45) is 0 Å². The number of aliphatic hydroxyl groups excluding tert-OH is 2. The fourth-order valence-corrected chi connectivity index (χ4v) is 1.93. The predicted octanol–water partition coefficient (Wildman–Crippen LogP) is 1.37. The third kappa shape index (κ3) is 3.83. The number of halogens is 2. The van der Waals surface area contributed by atoms with Crippen molar-refractivity contribution in [3.05, 3.63) is 34.1 Å². The summed E-state index contributed by atoms with van der Waals surface area (Å²) in [7, 11) is 0. The van der Waals surface area contributed by atoms with Gasteiger partial charge < -0.3 is 10.2 Å². The molecule has 0 saturated carbocycles. The largest absolute Gasteiger partial charge is 0.395 e. The highest BCUT2D eigenvalue weighted by Crippen LogP contribution is 2.21. The third-order valence-corrected chi connectivity index (χ3v) is 3.02. The minimum Gasteiger partial charge on any atom is -0.395 e. The molecular weight excluding hydrogens is 277 g/mol. The van der Waals surface area contributed by atoms with Crippen LogP contribution in [0.5, 0.6) is 0 Å². The van der Waals surface area contributed by atoms with Crippen molar-refractivity contribution in [3.63, 3.8) is 0 Å².